The molecule has 0 aliphatic carbocycles. The number of carbonyl (C=O) groups is 1. The van der Waals surface area contributed by atoms with Gasteiger partial charge in [0.15, 0.2) is 5.17 Å². The number of carbonyl (C=O) groups excluding carboxylic acids is 1. The fraction of sp³-hybridized carbons (Fsp3) is 0.818. The van der Waals surface area contributed by atoms with E-state index in [2.05, 4.69) is 4.99 Å². The maximum absolute atomic E-state index is 11.9. The second kappa shape index (κ2) is 9.59. The van der Waals surface area contributed by atoms with Gasteiger partial charge in [0, 0.05) is 20.1 Å². The van der Waals surface area contributed by atoms with E-state index in [1.165, 1.54) is 31.0 Å². The zero-order valence-corrected chi connectivity index (χ0v) is 12.0. The van der Waals surface area contributed by atoms with Crippen LogP contribution < -0.4 is 5.73 Å². The van der Waals surface area contributed by atoms with Crippen molar-refractivity contribution in [2.75, 3.05) is 25.9 Å². The van der Waals surface area contributed by atoms with Crippen LogP contribution in [-0.4, -0.2) is 41.9 Å². The monoisotopic (exact) mass is 279 g/mol. The summed E-state index contributed by atoms with van der Waals surface area (Å²) < 4.78 is 0. The molecule has 1 aliphatic heterocycles. The van der Waals surface area contributed by atoms with Gasteiger partial charge in [-0.15, -0.1) is 12.4 Å². The van der Waals surface area contributed by atoms with Gasteiger partial charge in [-0.2, -0.15) is 0 Å². The second-order valence-corrected chi connectivity index (χ2v) is 4.99. The number of likely N-dealkylation sites (tertiary alicyclic amines) is 1. The first-order valence-corrected chi connectivity index (χ1v) is 6.85. The molecule has 2 N–H and O–H groups in total. The number of hydrogen-bond donors (Lipinski definition) is 1. The number of amides is 1. The van der Waals surface area contributed by atoms with E-state index >= 15 is 0 Å². The van der Waals surface area contributed by atoms with E-state index in [1.54, 1.807) is 7.05 Å². The van der Waals surface area contributed by atoms with Crippen LogP contribution in [0, 0.1) is 0 Å². The summed E-state index contributed by atoms with van der Waals surface area (Å²) in [4.78, 5) is 17.7. The van der Waals surface area contributed by atoms with Crippen LogP contribution in [-0.2, 0) is 4.79 Å². The third kappa shape index (κ3) is 6.78. The molecule has 6 heteroatoms. The summed E-state index contributed by atoms with van der Waals surface area (Å²) in [6.45, 7) is 1.81. The predicted molar refractivity (Wildman–Crippen MR) is 76.9 cm³/mol. The maximum atomic E-state index is 11.9. The van der Waals surface area contributed by atoms with Gasteiger partial charge in [-0.05, 0) is 12.8 Å². The maximum Gasteiger partial charge on any atom is 0.233 e. The van der Waals surface area contributed by atoms with Gasteiger partial charge in [0.1, 0.15) is 0 Å². The Hall–Kier alpha value is -0.420. The van der Waals surface area contributed by atoms with Crippen LogP contribution in [0.15, 0.2) is 4.99 Å². The molecule has 1 amide bonds. The van der Waals surface area contributed by atoms with Crippen molar-refractivity contribution in [3.63, 3.8) is 0 Å². The molecular formula is C11H22ClN3OS. The lowest BCUT2D eigenvalue weighted by Crippen LogP contribution is -2.35. The minimum Gasteiger partial charge on any atom is -0.379 e. The van der Waals surface area contributed by atoms with Gasteiger partial charge in [0.25, 0.3) is 0 Å². The van der Waals surface area contributed by atoms with Crippen LogP contribution in [0.1, 0.15) is 32.1 Å². The Balaban J connectivity index is 0.00000256. The molecule has 1 aliphatic rings. The van der Waals surface area contributed by atoms with Gasteiger partial charge in [-0.3, -0.25) is 9.79 Å². The molecule has 0 aromatic heterocycles. The Kier molecular flexibility index (Phi) is 9.36. The lowest BCUT2D eigenvalue weighted by atomic mass is 10.1. The molecule has 0 unspecified atom stereocenters. The summed E-state index contributed by atoms with van der Waals surface area (Å²) >= 11 is 1.33. The third-order valence-corrected chi connectivity index (χ3v) is 3.64. The van der Waals surface area contributed by atoms with Crippen LogP contribution in [0.3, 0.4) is 0 Å². The number of hydrogen-bond acceptors (Lipinski definition) is 3. The fourth-order valence-corrected chi connectivity index (χ4v) is 2.37. The molecule has 100 valence electrons. The Morgan fingerprint density at radius 3 is 2.29 bits per heavy atom. The number of nitrogens with zero attached hydrogens (tertiary/aromatic N) is 2. The number of thioether (sulfide) groups is 1. The quantitative estimate of drug-likeness (QED) is 0.620. The average Bonchev–Trinajstić information content (AvgIpc) is 2.25. The highest BCUT2D eigenvalue weighted by atomic mass is 35.5. The minimum atomic E-state index is 0. The molecule has 0 atom stereocenters. The molecule has 1 saturated heterocycles. The molecule has 0 bridgehead atoms. The molecule has 0 aromatic carbocycles. The van der Waals surface area contributed by atoms with E-state index in [9.17, 15) is 4.79 Å². The first-order chi connectivity index (χ1) is 7.74. The summed E-state index contributed by atoms with van der Waals surface area (Å²) in [5, 5.41) is 0.486. The molecule has 0 spiro atoms. The molecule has 0 saturated carbocycles. The molecule has 1 heterocycles. The van der Waals surface area contributed by atoms with Crippen LogP contribution in [0.2, 0.25) is 0 Å². The summed E-state index contributed by atoms with van der Waals surface area (Å²) in [5.41, 5.74) is 5.55. The van der Waals surface area contributed by atoms with Gasteiger partial charge in [0.2, 0.25) is 5.91 Å². The number of halogens is 1. The number of rotatable bonds is 2. The Bertz CT molecular complexity index is 253. The highest BCUT2D eigenvalue weighted by Crippen LogP contribution is 2.12. The van der Waals surface area contributed by atoms with E-state index in [0.717, 1.165) is 25.9 Å². The lowest BCUT2D eigenvalue weighted by Gasteiger charge is -2.24. The van der Waals surface area contributed by atoms with Crippen molar-refractivity contribution in [1.82, 2.24) is 4.90 Å². The average molecular weight is 280 g/mol. The zero-order chi connectivity index (χ0) is 11.8. The fourth-order valence-electron chi connectivity index (χ4n) is 1.79. The first kappa shape index (κ1) is 16.6. The molecule has 1 rings (SSSR count). The summed E-state index contributed by atoms with van der Waals surface area (Å²) in [7, 11) is 1.64. The van der Waals surface area contributed by atoms with Gasteiger partial charge in [-0.1, -0.05) is 31.0 Å². The van der Waals surface area contributed by atoms with Crippen LogP contribution in [0.25, 0.3) is 0 Å². The standard InChI is InChI=1S/C11H21N3OS.ClH/c1-13-11(12)16-9-10(15)14-7-5-3-2-4-6-8-14;/h2-9H2,1H3,(H2,12,13);1H. The Labute approximate surface area is 114 Å². The van der Waals surface area contributed by atoms with E-state index in [4.69, 9.17) is 5.73 Å². The normalized spacial score (nSPS) is 17.9. The first-order valence-electron chi connectivity index (χ1n) is 5.87. The zero-order valence-electron chi connectivity index (χ0n) is 10.4. The SMILES string of the molecule is CN=C(N)SCC(=O)N1CCCCCCC1.Cl. The molecule has 0 radical (unpaired) electrons. The molecule has 1 fully saturated rings. The number of amidine groups is 1. The predicted octanol–water partition coefficient (Wildman–Crippen LogP) is 1.88. The molecule has 17 heavy (non-hydrogen) atoms. The van der Waals surface area contributed by atoms with E-state index in [1.807, 2.05) is 4.90 Å². The summed E-state index contributed by atoms with van der Waals surface area (Å²) in [6.07, 6.45) is 6.07. The largest absolute Gasteiger partial charge is 0.379 e. The topological polar surface area (TPSA) is 58.7 Å². The van der Waals surface area contributed by atoms with Crippen molar-refractivity contribution < 1.29 is 4.79 Å². The van der Waals surface area contributed by atoms with Crippen LogP contribution in [0.5, 0.6) is 0 Å². The van der Waals surface area contributed by atoms with Crippen LogP contribution in [0.4, 0.5) is 0 Å². The van der Waals surface area contributed by atoms with Crippen molar-refractivity contribution in [2.24, 2.45) is 10.7 Å². The second-order valence-electron chi connectivity index (χ2n) is 4.00. The van der Waals surface area contributed by atoms with E-state index < -0.39 is 0 Å². The number of nitrogens with two attached hydrogens (primary N) is 1. The molecule has 0 aromatic rings. The minimum absolute atomic E-state index is 0. The smallest absolute Gasteiger partial charge is 0.233 e. The van der Waals surface area contributed by atoms with Crippen molar-refractivity contribution in [3.8, 4) is 0 Å². The highest BCUT2D eigenvalue weighted by Gasteiger charge is 2.14. The highest BCUT2D eigenvalue weighted by molar-refractivity contribution is 8.14. The Morgan fingerprint density at radius 1 is 1.24 bits per heavy atom. The molecule has 4 nitrogen and oxygen atoms in total. The van der Waals surface area contributed by atoms with Gasteiger partial charge >= 0.3 is 0 Å². The van der Waals surface area contributed by atoms with Crippen molar-refractivity contribution in [3.05, 3.63) is 0 Å². The molecular weight excluding hydrogens is 258 g/mol. The number of aliphatic imine (C=N–C) groups is 1. The Morgan fingerprint density at radius 2 is 1.76 bits per heavy atom. The third-order valence-electron chi connectivity index (χ3n) is 2.77. The van der Waals surface area contributed by atoms with Crippen molar-refractivity contribution in [1.29, 1.82) is 0 Å². The van der Waals surface area contributed by atoms with Crippen molar-refractivity contribution in [2.45, 2.75) is 32.1 Å². The van der Waals surface area contributed by atoms with Gasteiger partial charge in [-0.25, -0.2) is 0 Å². The lowest BCUT2D eigenvalue weighted by molar-refractivity contribution is -0.128. The van der Waals surface area contributed by atoms with Crippen molar-refractivity contribution >= 4 is 35.2 Å². The van der Waals surface area contributed by atoms with Gasteiger partial charge in [0.05, 0.1) is 5.75 Å². The summed E-state index contributed by atoms with van der Waals surface area (Å²) in [5.74, 6) is 0.613. The van der Waals surface area contributed by atoms with E-state index in [-0.39, 0.29) is 18.3 Å². The van der Waals surface area contributed by atoms with Gasteiger partial charge < -0.3 is 10.6 Å². The van der Waals surface area contributed by atoms with E-state index in [0.29, 0.717) is 10.9 Å². The van der Waals surface area contributed by atoms with Crippen LogP contribution >= 0.6 is 24.2 Å². The summed E-state index contributed by atoms with van der Waals surface area (Å²) in [6, 6.07) is 0.